The van der Waals surface area contributed by atoms with E-state index in [1.807, 2.05) is 18.3 Å². The van der Waals surface area contributed by atoms with E-state index in [4.69, 9.17) is 0 Å². The summed E-state index contributed by atoms with van der Waals surface area (Å²) in [5.74, 6) is -0.352. The molecule has 1 aliphatic rings. The van der Waals surface area contributed by atoms with E-state index in [0.29, 0.717) is 23.6 Å². The molecule has 0 radical (unpaired) electrons. The number of nitrogens with zero attached hydrogens (tertiary/aromatic N) is 4. The van der Waals surface area contributed by atoms with E-state index in [2.05, 4.69) is 37.4 Å². The van der Waals surface area contributed by atoms with Gasteiger partial charge in [0.15, 0.2) is 5.82 Å². The van der Waals surface area contributed by atoms with Crippen molar-refractivity contribution >= 4 is 22.4 Å². The summed E-state index contributed by atoms with van der Waals surface area (Å²) in [6.45, 7) is 5.52. The Bertz CT molecular complexity index is 915. The Balaban J connectivity index is 1.55. The van der Waals surface area contributed by atoms with Crippen LogP contribution in [0.15, 0.2) is 43.0 Å². The van der Waals surface area contributed by atoms with E-state index < -0.39 is 0 Å². The highest BCUT2D eigenvalue weighted by Gasteiger charge is 2.18. The first-order chi connectivity index (χ1) is 12.7. The second-order valence-electron chi connectivity index (χ2n) is 6.55. The first-order valence-electron chi connectivity index (χ1n) is 8.76. The topological polar surface area (TPSA) is 66.0 Å². The number of halogens is 1. The molecule has 3 heterocycles. The monoisotopic (exact) mass is 352 g/mol. The minimum absolute atomic E-state index is 0.299. The summed E-state index contributed by atoms with van der Waals surface area (Å²) in [5, 5.41) is 6.84. The average Bonchev–Trinajstić information content (AvgIpc) is 2.67. The van der Waals surface area contributed by atoms with Gasteiger partial charge in [0.25, 0.3) is 0 Å². The largest absolute Gasteiger partial charge is 0.378 e. The predicted molar refractivity (Wildman–Crippen MR) is 101 cm³/mol. The highest BCUT2D eigenvalue weighted by molar-refractivity contribution is 5.75. The Kier molecular flexibility index (Phi) is 4.62. The Labute approximate surface area is 151 Å². The van der Waals surface area contributed by atoms with Gasteiger partial charge in [0.2, 0.25) is 0 Å². The lowest BCUT2D eigenvalue weighted by Gasteiger charge is -2.34. The lowest BCUT2D eigenvalue weighted by Crippen LogP contribution is -2.49. The number of hydrogen-bond donors (Lipinski definition) is 2. The number of piperazine rings is 1. The normalized spacial score (nSPS) is 17.5. The molecule has 26 heavy (non-hydrogen) atoms. The molecule has 0 unspecified atom stereocenters. The Morgan fingerprint density at radius 2 is 2.15 bits per heavy atom. The SMILES string of the molecule is C[C@H]1CN(c2ccncc2NCc2cc(F)c3nccnc3c2)CCN1. The Morgan fingerprint density at radius 3 is 3.04 bits per heavy atom. The lowest BCUT2D eigenvalue weighted by atomic mass is 10.1. The molecule has 3 aromatic rings. The van der Waals surface area contributed by atoms with Gasteiger partial charge in [-0.3, -0.25) is 9.97 Å². The number of benzene rings is 1. The van der Waals surface area contributed by atoms with Crippen molar-refractivity contribution in [1.82, 2.24) is 20.3 Å². The number of nitrogens with one attached hydrogen (secondary N) is 2. The average molecular weight is 352 g/mol. The molecule has 1 aromatic carbocycles. The van der Waals surface area contributed by atoms with E-state index in [0.717, 1.165) is 36.6 Å². The number of fused-ring (bicyclic) bond motifs is 1. The van der Waals surface area contributed by atoms with Crippen LogP contribution in [-0.2, 0) is 6.54 Å². The quantitative estimate of drug-likeness (QED) is 0.752. The van der Waals surface area contributed by atoms with E-state index in [9.17, 15) is 4.39 Å². The molecule has 1 fully saturated rings. The molecule has 0 spiro atoms. The summed E-state index contributed by atoms with van der Waals surface area (Å²) in [7, 11) is 0. The third-order valence-corrected chi connectivity index (χ3v) is 4.58. The smallest absolute Gasteiger partial charge is 0.151 e. The van der Waals surface area contributed by atoms with Gasteiger partial charge in [-0.2, -0.15) is 0 Å². The fourth-order valence-corrected chi connectivity index (χ4v) is 3.34. The predicted octanol–water partition coefficient (Wildman–Crippen LogP) is 2.57. The summed E-state index contributed by atoms with van der Waals surface area (Å²) in [5.41, 5.74) is 3.74. The first kappa shape index (κ1) is 16.7. The summed E-state index contributed by atoms with van der Waals surface area (Å²) in [4.78, 5) is 14.8. The van der Waals surface area contributed by atoms with E-state index in [1.54, 1.807) is 12.4 Å². The van der Waals surface area contributed by atoms with Gasteiger partial charge in [-0.15, -0.1) is 0 Å². The van der Waals surface area contributed by atoms with Crippen LogP contribution in [0, 0.1) is 5.82 Å². The summed E-state index contributed by atoms with van der Waals surface area (Å²) in [6, 6.07) is 5.83. The van der Waals surface area contributed by atoms with Gasteiger partial charge in [0, 0.05) is 50.8 Å². The van der Waals surface area contributed by atoms with Crippen molar-refractivity contribution in [2.45, 2.75) is 19.5 Å². The van der Waals surface area contributed by atoms with E-state index >= 15 is 0 Å². The second-order valence-corrected chi connectivity index (χ2v) is 6.55. The Hall–Kier alpha value is -2.80. The zero-order chi connectivity index (χ0) is 17.9. The Morgan fingerprint density at radius 1 is 1.27 bits per heavy atom. The van der Waals surface area contributed by atoms with Crippen molar-refractivity contribution < 1.29 is 4.39 Å². The molecule has 7 heteroatoms. The van der Waals surface area contributed by atoms with Crippen LogP contribution in [0.5, 0.6) is 0 Å². The first-order valence-corrected chi connectivity index (χ1v) is 8.76. The van der Waals surface area contributed by atoms with E-state index in [1.165, 1.54) is 12.3 Å². The highest BCUT2D eigenvalue weighted by atomic mass is 19.1. The number of pyridine rings is 1. The highest BCUT2D eigenvalue weighted by Crippen LogP contribution is 2.26. The summed E-state index contributed by atoms with van der Waals surface area (Å²) >= 11 is 0. The molecule has 2 N–H and O–H groups in total. The molecule has 0 aliphatic carbocycles. The molecule has 0 amide bonds. The molecule has 1 atom stereocenters. The van der Waals surface area contributed by atoms with Crippen molar-refractivity contribution in [3.63, 3.8) is 0 Å². The lowest BCUT2D eigenvalue weighted by molar-refractivity contribution is 0.485. The third kappa shape index (κ3) is 3.43. The van der Waals surface area contributed by atoms with Crippen molar-refractivity contribution in [2.24, 2.45) is 0 Å². The zero-order valence-corrected chi connectivity index (χ0v) is 14.6. The van der Waals surface area contributed by atoms with Crippen LogP contribution in [0.2, 0.25) is 0 Å². The van der Waals surface area contributed by atoms with Gasteiger partial charge in [-0.25, -0.2) is 9.37 Å². The molecule has 4 rings (SSSR count). The van der Waals surface area contributed by atoms with Crippen LogP contribution in [0.4, 0.5) is 15.8 Å². The molecular weight excluding hydrogens is 331 g/mol. The van der Waals surface area contributed by atoms with Crippen molar-refractivity contribution in [2.75, 3.05) is 29.9 Å². The van der Waals surface area contributed by atoms with Crippen molar-refractivity contribution in [3.8, 4) is 0 Å². The summed E-state index contributed by atoms with van der Waals surface area (Å²) < 4.78 is 14.2. The summed E-state index contributed by atoms with van der Waals surface area (Å²) in [6.07, 6.45) is 6.70. The van der Waals surface area contributed by atoms with Gasteiger partial charge < -0.3 is 15.5 Å². The molecule has 2 aromatic heterocycles. The minimum atomic E-state index is -0.352. The van der Waals surface area contributed by atoms with Crippen LogP contribution in [0.25, 0.3) is 11.0 Å². The van der Waals surface area contributed by atoms with Crippen LogP contribution in [-0.4, -0.2) is 40.6 Å². The molecule has 0 saturated carbocycles. The van der Waals surface area contributed by atoms with Gasteiger partial charge >= 0.3 is 0 Å². The number of rotatable bonds is 4. The van der Waals surface area contributed by atoms with E-state index in [-0.39, 0.29) is 5.82 Å². The fourth-order valence-electron chi connectivity index (χ4n) is 3.34. The molecular formula is C19H21FN6. The molecule has 1 saturated heterocycles. The number of anilines is 2. The molecule has 0 bridgehead atoms. The molecule has 6 nitrogen and oxygen atoms in total. The maximum Gasteiger partial charge on any atom is 0.151 e. The van der Waals surface area contributed by atoms with Gasteiger partial charge in [-0.05, 0) is 30.7 Å². The number of hydrogen-bond acceptors (Lipinski definition) is 6. The van der Waals surface area contributed by atoms with Crippen LogP contribution in [0.3, 0.4) is 0 Å². The minimum Gasteiger partial charge on any atom is -0.378 e. The van der Waals surface area contributed by atoms with Crippen LogP contribution < -0.4 is 15.5 Å². The van der Waals surface area contributed by atoms with Crippen LogP contribution in [0.1, 0.15) is 12.5 Å². The fraction of sp³-hybridized carbons (Fsp3) is 0.316. The van der Waals surface area contributed by atoms with Gasteiger partial charge in [0.1, 0.15) is 5.52 Å². The second kappa shape index (κ2) is 7.21. The zero-order valence-electron chi connectivity index (χ0n) is 14.6. The third-order valence-electron chi connectivity index (χ3n) is 4.58. The van der Waals surface area contributed by atoms with Gasteiger partial charge in [0.05, 0.1) is 23.1 Å². The van der Waals surface area contributed by atoms with Crippen LogP contribution >= 0.6 is 0 Å². The molecule has 134 valence electrons. The van der Waals surface area contributed by atoms with Gasteiger partial charge in [-0.1, -0.05) is 0 Å². The molecule has 1 aliphatic heterocycles. The maximum atomic E-state index is 14.2. The maximum absolute atomic E-state index is 14.2. The standard InChI is InChI=1S/C19H21FN6/c1-13-12-26(7-6-22-13)18-2-3-21-11-17(18)25-10-14-8-15(20)19-16(9-14)23-4-5-24-19/h2-5,8-9,11,13,22,25H,6-7,10,12H2,1H3/t13-/m0/s1. The van der Waals surface area contributed by atoms with Crippen molar-refractivity contribution in [1.29, 1.82) is 0 Å². The number of aromatic nitrogens is 3. The van der Waals surface area contributed by atoms with Crippen molar-refractivity contribution in [3.05, 3.63) is 54.4 Å².